The van der Waals surface area contributed by atoms with Gasteiger partial charge in [-0.15, -0.1) is 0 Å². The highest BCUT2D eigenvalue weighted by Crippen LogP contribution is 2.44. The van der Waals surface area contributed by atoms with Crippen molar-refractivity contribution in [3.8, 4) is 22.6 Å². The van der Waals surface area contributed by atoms with E-state index < -0.39 is 5.82 Å². The second-order valence-electron chi connectivity index (χ2n) is 4.57. The van der Waals surface area contributed by atoms with E-state index in [0.717, 1.165) is 0 Å². The largest absolute Gasteiger partial charge is 0.496 e. The number of nitrogens with zero attached hydrogens (tertiary/aromatic N) is 2. The maximum atomic E-state index is 14.3. The molecule has 0 aliphatic carbocycles. The second kappa shape index (κ2) is 5.03. The predicted octanol–water partition coefficient (Wildman–Crippen LogP) is 2.44. The molecule has 0 aliphatic heterocycles. The number of anilines is 1. The Labute approximate surface area is 117 Å². The van der Waals surface area contributed by atoms with Crippen molar-refractivity contribution in [1.82, 2.24) is 9.78 Å². The SMILES string of the molecule is COc1c(C)c(-c2cnn(C)c2N)c(OC)c(C)c1F. The Hall–Kier alpha value is -2.24. The quantitative estimate of drug-likeness (QED) is 0.937. The van der Waals surface area contributed by atoms with E-state index in [9.17, 15) is 4.39 Å². The molecule has 20 heavy (non-hydrogen) atoms. The summed E-state index contributed by atoms with van der Waals surface area (Å²) in [4.78, 5) is 0. The first-order valence-electron chi connectivity index (χ1n) is 6.12. The van der Waals surface area contributed by atoms with Gasteiger partial charge in [-0.25, -0.2) is 4.39 Å². The summed E-state index contributed by atoms with van der Waals surface area (Å²) in [6.45, 7) is 3.41. The highest BCUT2D eigenvalue weighted by molar-refractivity contribution is 5.83. The molecule has 0 atom stereocenters. The predicted molar refractivity (Wildman–Crippen MR) is 75.6 cm³/mol. The number of nitrogen functional groups attached to an aromatic ring is 1. The van der Waals surface area contributed by atoms with Crippen LogP contribution < -0.4 is 15.2 Å². The molecule has 1 aromatic carbocycles. The van der Waals surface area contributed by atoms with E-state index >= 15 is 0 Å². The van der Waals surface area contributed by atoms with Gasteiger partial charge in [0.25, 0.3) is 0 Å². The molecule has 0 unspecified atom stereocenters. The molecule has 1 heterocycles. The summed E-state index contributed by atoms with van der Waals surface area (Å²) in [6.07, 6.45) is 1.64. The van der Waals surface area contributed by atoms with Crippen molar-refractivity contribution in [1.29, 1.82) is 0 Å². The first-order valence-corrected chi connectivity index (χ1v) is 6.12. The minimum absolute atomic E-state index is 0.196. The number of methoxy groups -OCH3 is 2. The fourth-order valence-corrected chi connectivity index (χ4v) is 2.37. The van der Waals surface area contributed by atoms with Crippen molar-refractivity contribution in [2.75, 3.05) is 20.0 Å². The van der Waals surface area contributed by atoms with Gasteiger partial charge in [0.05, 0.1) is 20.4 Å². The summed E-state index contributed by atoms with van der Waals surface area (Å²) < 4.78 is 26.3. The van der Waals surface area contributed by atoms with Gasteiger partial charge in [-0.1, -0.05) is 0 Å². The van der Waals surface area contributed by atoms with Gasteiger partial charge in [0.15, 0.2) is 11.6 Å². The Morgan fingerprint density at radius 3 is 2.20 bits per heavy atom. The van der Waals surface area contributed by atoms with Gasteiger partial charge in [0, 0.05) is 29.3 Å². The summed E-state index contributed by atoms with van der Waals surface area (Å²) in [5.74, 6) is 0.703. The third kappa shape index (κ3) is 1.88. The minimum atomic E-state index is -0.423. The van der Waals surface area contributed by atoms with E-state index in [0.29, 0.717) is 33.8 Å². The molecule has 0 radical (unpaired) electrons. The van der Waals surface area contributed by atoms with Crippen LogP contribution in [0.5, 0.6) is 11.5 Å². The fraction of sp³-hybridized carbons (Fsp3) is 0.357. The van der Waals surface area contributed by atoms with Crippen LogP contribution in [0.2, 0.25) is 0 Å². The number of benzene rings is 1. The molecule has 0 bridgehead atoms. The first kappa shape index (κ1) is 14.2. The summed E-state index contributed by atoms with van der Waals surface area (Å²) >= 11 is 0. The van der Waals surface area contributed by atoms with Crippen molar-refractivity contribution in [3.63, 3.8) is 0 Å². The van der Waals surface area contributed by atoms with E-state index in [1.165, 1.54) is 14.2 Å². The van der Waals surface area contributed by atoms with Crippen LogP contribution in [0.15, 0.2) is 6.20 Å². The van der Waals surface area contributed by atoms with E-state index in [2.05, 4.69) is 5.10 Å². The molecule has 108 valence electrons. The Morgan fingerprint density at radius 2 is 1.75 bits per heavy atom. The van der Waals surface area contributed by atoms with Crippen LogP contribution in [-0.4, -0.2) is 24.0 Å². The van der Waals surface area contributed by atoms with Crippen LogP contribution in [-0.2, 0) is 7.05 Å². The van der Waals surface area contributed by atoms with Gasteiger partial charge < -0.3 is 15.2 Å². The average molecular weight is 279 g/mol. The zero-order valence-electron chi connectivity index (χ0n) is 12.2. The van der Waals surface area contributed by atoms with E-state index in [4.69, 9.17) is 15.2 Å². The van der Waals surface area contributed by atoms with Crippen molar-refractivity contribution in [2.24, 2.45) is 7.05 Å². The average Bonchev–Trinajstić information content (AvgIpc) is 2.75. The van der Waals surface area contributed by atoms with Crippen LogP contribution in [0.1, 0.15) is 11.1 Å². The van der Waals surface area contributed by atoms with Gasteiger partial charge in [-0.2, -0.15) is 5.10 Å². The zero-order chi connectivity index (χ0) is 15.0. The lowest BCUT2D eigenvalue weighted by atomic mass is 9.97. The second-order valence-corrected chi connectivity index (χ2v) is 4.57. The minimum Gasteiger partial charge on any atom is -0.496 e. The maximum absolute atomic E-state index is 14.3. The smallest absolute Gasteiger partial charge is 0.171 e. The van der Waals surface area contributed by atoms with Gasteiger partial charge in [0.2, 0.25) is 0 Å². The lowest BCUT2D eigenvalue weighted by Gasteiger charge is -2.18. The zero-order valence-corrected chi connectivity index (χ0v) is 12.2. The number of hydrogen-bond acceptors (Lipinski definition) is 4. The highest BCUT2D eigenvalue weighted by atomic mass is 19.1. The maximum Gasteiger partial charge on any atom is 0.171 e. The van der Waals surface area contributed by atoms with Crippen LogP contribution in [0, 0.1) is 19.7 Å². The number of hydrogen-bond donors (Lipinski definition) is 1. The number of nitrogens with two attached hydrogens (primary N) is 1. The van der Waals surface area contributed by atoms with E-state index in [1.807, 2.05) is 0 Å². The molecule has 0 saturated carbocycles. The third-order valence-electron chi connectivity index (χ3n) is 3.47. The number of aryl methyl sites for hydroxylation is 1. The molecule has 0 fully saturated rings. The van der Waals surface area contributed by atoms with Crippen LogP contribution in [0.3, 0.4) is 0 Å². The van der Waals surface area contributed by atoms with Crippen LogP contribution in [0.25, 0.3) is 11.1 Å². The highest BCUT2D eigenvalue weighted by Gasteiger charge is 2.24. The number of aromatic nitrogens is 2. The lowest BCUT2D eigenvalue weighted by molar-refractivity contribution is 0.372. The summed E-state index contributed by atoms with van der Waals surface area (Å²) in [7, 11) is 4.69. The van der Waals surface area contributed by atoms with E-state index in [1.54, 1.807) is 31.8 Å². The molecule has 2 rings (SSSR count). The molecule has 1 aromatic heterocycles. The van der Waals surface area contributed by atoms with Crippen molar-refractivity contribution < 1.29 is 13.9 Å². The number of halogens is 1. The van der Waals surface area contributed by atoms with Gasteiger partial charge in [-0.3, -0.25) is 4.68 Å². The summed E-state index contributed by atoms with van der Waals surface area (Å²) in [5, 5.41) is 4.12. The topological polar surface area (TPSA) is 62.3 Å². The van der Waals surface area contributed by atoms with Crippen molar-refractivity contribution >= 4 is 5.82 Å². The normalized spacial score (nSPS) is 10.7. The molecule has 2 aromatic rings. The third-order valence-corrected chi connectivity index (χ3v) is 3.47. The molecule has 0 saturated heterocycles. The molecule has 0 spiro atoms. The molecular weight excluding hydrogens is 261 g/mol. The van der Waals surface area contributed by atoms with Gasteiger partial charge >= 0.3 is 0 Å². The number of rotatable bonds is 3. The number of ether oxygens (including phenoxy) is 2. The molecule has 2 N–H and O–H groups in total. The van der Waals surface area contributed by atoms with Crippen molar-refractivity contribution in [2.45, 2.75) is 13.8 Å². The Balaban J connectivity index is 2.87. The summed E-state index contributed by atoms with van der Waals surface area (Å²) in [6, 6.07) is 0. The molecular formula is C14H18FN3O2. The Kier molecular flexibility index (Phi) is 3.57. The fourth-order valence-electron chi connectivity index (χ4n) is 2.37. The molecule has 0 aliphatic rings. The standard InChI is InChI=1S/C14H18FN3O2/c1-7-10(9-6-17-18(3)14(9)16)12(19-4)8(2)11(15)13(7)20-5/h6H,16H2,1-5H3. The lowest BCUT2D eigenvalue weighted by Crippen LogP contribution is -2.03. The molecule has 5 nitrogen and oxygen atoms in total. The molecule has 6 heteroatoms. The van der Waals surface area contributed by atoms with Crippen molar-refractivity contribution in [3.05, 3.63) is 23.1 Å². The molecule has 0 amide bonds. The Morgan fingerprint density at radius 1 is 1.15 bits per heavy atom. The monoisotopic (exact) mass is 279 g/mol. The first-order chi connectivity index (χ1) is 9.43. The van der Waals surface area contributed by atoms with E-state index in [-0.39, 0.29) is 5.75 Å². The van der Waals surface area contributed by atoms with Crippen LogP contribution in [0.4, 0.5) is 10.2 Å². The van der Waals surface area contributed by atoms with Crippen LogP contribution >= 0.6 is 0 Å². The van der Waals surface area contributed by atoms with Gasteiger partial charge in [-0.05, 0) is 13.8 Å². The summed E-state index contributed by atoms with van der Waals surface area (Å²) in [5.41, 5.74) is 8.43. The Bertz CT molecular complexity index is 665. The van der Waals surface area contributed by atoms with Gasteiger partial charge in [0.1, 0.15) is 11.6 Å².